The molecule has 1 aromatic rings. The van der Waals surface area contributed by atoms with Crippen LogP contribution in [0.4, 0.5) is 5.69 Å². The standard InChI is InChI=1S/C9H14BN/c1-8-2-4-9(5-3-8)11-7-6-10/h2-5,11H,6-7,10H2,1H3. The second-order valence-corrected chi connectivity index (χ2v) is 2.79. The van der Waals surface area contributed by atoms with Gasteiger partial charge in [-0.15, -0.1) is 0 Å². The lowest BCUT2D eigenvalue weighted by atomic mass is 10.1. The monoisotopic (exact) mass is 147 g/mol. The van der Waals surface area contributed by atoms with Gasteiger partial charge in [-0.05, 0) is 19.1 Å². The Kier molecular flexibility index (Phi) is 3.03. The van der Waals surface area contributed by atoms with Gasteiger partial charge >= 0.3 is 0 Å². The molecular weight excluding hydrogens is 133 g/mol. The van der Waals surface area contributed by atoms with E-state index in [2.05, 4.69) is 44.4 Å². The Bertz CT molecular complexity index is 205. The molecule has 1 N–H and O–H groups in total. The molecule has 0 amide bonds. The van der Waals surface area contributed by atoms with Gasteiger partial charge in [0.25, 0.3) is 0 Å². The molecule has 11 heavy (non-hydrogen) atoms. The molecular formula is C9H14BN. The Balaban J connectivity index is 2.52. The van der Waals surface area contributed by atoms with Gasteiger partial charge in [-0.3, -0.25) is 0 Å². The molecule has 0 aliphatic heterocycles. The van der Waals surface area contributed by atoms with Crippen molar-refractivity contribution in [3.8, 4) is 0 Å². The number of anilines is 1. The molecule has 0 aliphatic rings. The Morgan fingerprint density at radius 1 is 1.27 bits per heavy atom. The molecule has 0 saturated carbocycles. The van der Waals surface area contributed by atoms with E-state index in [4.69, 9.17) is 0 Å². The lowest BCUT2D eigenvalue weighted by Gasteiger charge is -2.03. The molecule has 0 aromatic heterocycles. The first-order chi connectivity index (χ1) is 5.33. The molecule has 1 nitrogen and oxygen atoms in total. The minimum absolute atomic E-state index is 1.06. The fourth-order valence-corrected chi connectivity index (χ4v) is 0.941. The predicted molar refractivity (Wildman–Crippen MR) is 53.0 cm³/mol. The second-order valence-electron chi connectivity index (χ2n) is 2.79. The zero-order valence-corrected chi connectivity index (χ0v) is 7.22. The zero-order valence-electron chi connectivity index (χ0n) is 7.22. The maximum Gasteiger partial charge on any atom is 0.103 e. The molecule has 0 atom stereocenters. The van der Waals surface area contributed by atoms with Crippen molar-refractivity contribution in [2.45, 2.75) is 13.2 Å². The van der Waals surface area contributed by atoms with Crippen LogP contribution in [0.2, 0.25) is 6.32 Å². The van der Waals surface area contributed by atoms with Crippen molar-refractivity contribution in [3.05, 3.63) is 29.8 Å². The summed E-state index contributed by atoms with van der Waals surface area (Å²) in [5.41, 5.74) is 2.53. The first-order valence-corrected chi connectivity index (χ1v) is 4.13. The van der Waals surface area contributed by atoms with Crippen LogP contribution >= 0.6 is 0 Å². The van der Waals surface area contributed by atoms with Gasteiger partial charge in [-0.1, -0.05) is 24.0 Å². The summed E-state index contributed by atoms with van der Waals surface area (Å²) in [6.45, 7) is 3.16. The van der Waals surface area contributed by atoms with E-state index in [9.17, 15) is 0 Å². The third-order valence-corrected chi connectivity index (χ3v) is 1.63. The van der Waals surface area contributed by atoms with Crippen molar-refractivity contribution in [3.63, 3.8) is 0 Å². The first kappa shape index (κ1) is 8.18. The van der Waals surface area contributed by atoms with E-state index in [0.717, 1.165) is 6.54 Å². The number of hydrogen-bond acceptors (Lipinski definition) is 1. The van der Waals surface area contributed by atoms with Crippen molar-refractivity contribution < 1.29 is 0 Å². The first-order valence-electron chi connectivity index (χ1n) is 4.13. The van der Waals surface area contributed by atoms with E-state index < -0.39 is 0 Å². The van der Waals surface area contributed by atoms with Gasteiger partial charge < -0.3 is 5.32 Å². The average molecular weight is 147 g/mol. The molecule has 1 rings (SSSR count). The normalized spacial score (nSPS) is 9.55. The number of aryl methyl sites for hydroxylation is 1. The highest BCUT2D eigenvalue weighted by Crippen LogP contribution is 2.07. The summed E-state index contributed by atoms with van der Waals surface area (Å²) in [7, 11) is 2.17. The molecule has 0 heterocycles. The second kappa shape index (κ2) is 4.07. The summed E-state index contributed by atoms with van der Waals surface area (Å²) in [6, 6.07) is 8.48. The van der Waals surface area contributed by atoms with Gasteiger partial charge in [0.1, 0.15) is 7.85 Å². The minimum Gasteiger partial charge on any atom is -0.386 e. The highest BCUT2D eigenvalue weighted by molar-refractivity contribution is 6.08. The Morgan fingerprint density at radius 2 is 1.91 bits per heavy atom. The van der Waals surface area contributed by atoms with Gasteiger partial charge in [-0.2, -0.15) is 0 Å². The number of benzene rings is 1. The van der Waals surface area contributed by atoms with Crippen LogP contribution in [0.3, 0.4) is 0 Å². The molecule has 0 unspecified atom stereocenters. The quantitative estimate of drug-likeness (QED) is 0.638. The highest BCUT2D eigenvalue weighted by atomic mass is 14.8. The largest absolute Gasteiger partial charge is 0.386 e. The average Bonchev–Trinajstić information content (AvgIpc) is 2.04. The topological polar surface area (TPSA) is 12.0 Å². The van der Waals surface area contributed by atoms with Crippen molar-refractivity contribution in [1.82, 2.24) is 0 Å². The maximum absolute atomic E-state index is 3.32. The van der Waals surface area contributed by atoms with E-state index in [-0.39, 0.29) is 0 Å². The van der Waals surface area contributed by atoms with Crippen molar-refractivity contribution in [1.29, 1.82) is 0 Å². The summed E-state index contributed by atoms with van der Waals surface area (Å²) in [4.78, 5) is 0. The summed E-state index contributed by atoms with van der Waals surface area (Å²) < 4.78 is 0. The van der Waals surface area contributed by atoms with Crippen LogP contribution in [-0.4, -0.2) is 14.4 Å². The molecule has 0 saturated heterocycles. The summed E-state index contributed by atoms with van der Waals surface area (Å²) in [5.74, 6) is 0. The smallest absolute Gasteiger partial charge is 0.103 e. The van der Waals surface area contributed by atoms with Crippen LogP contribution in [0.5, 0.6) is 0 Å². The van der Waals surface area contributed by atoms with Gasteiger partial charge in [0, 0.05) is 12.2 Å². The molecule has 0 bridgehead atoms. The maximum atomic E-state index is 3.32. The molecule has 58 valence electrons. The van der Waals surface area contributed by atoms with E-state index in [1.54, 1.807) is 0 Å². The van der Waals surface area contributed by atoms with Crippen LogP contribution in [0.15, 0.2) is 24.3 Å². The number of hydrogen-bond donors (Lipinski definition) is 1. The molecule has 2 heteroatoms. The van der Waals surface area contributed by atoms with Crippen LogP contribution in [0, 0.1) is 6.92 Å². The molecule has 1 aromatic carbocycles. The fraction of sp³-hybridized carbons (Fsp3) is 0.333. The summed E-state index contributed by atoms with van der Waals surface area (Å²) >= 11 is 0. The lowest BCUT2D eigenvalue weighted by Crippen LogP contribution is -1.99. The third-order valence-electron chi connectivity index (χ3n) is 1.63. The van der Waals surface area contributed by atoms with Crippen LogP contribution in [-0.2, 0) is 0 Å². The minimum atomic E-state index is 1.06. The molecule has 0 radical (unpaired) electrons. The lowest BCUT2D eigenvalue weighted by molar-refractivity contribution is 1.20. The molecule has 0 aliphatic carbocycles. The van der Waals surface area contributed by atoms with Gasteiger partial charge in [0.2, 0.25) is 0 Å². The summed E-state index contributed by atoms with van der Waals surface area (Å²) in [5, 5.41) is 3.32. The highest BCUT2D eigenvalue weighted by Gasteiger charge is 1.87. The van der Waals surface area contributed by atoms with Gasteiger partial charge in [0.15, 0.2) is 0 Å². The van der Waals surface area contributed by atoms with Crippen molar-refractivity contribution in [2.75, 3.05) is 11.9 Å². The van der Waals surface area contributed by atoms with Crippen molar-refractivity contribution >= 4 is 13.5 Å². The summed E-state index contributed by atoms with van der Waals surface area (Å²) in [6.07, 6.45) is 1.17. The van der Waals surface area contributed by atoms with Gasteiger partial charge in [0.05, 0.1) is 0 Å². The predicted octanol–water partition coefficient (Wildman–Crippen LogP) is 1.46. The van der Waals surface area contributed by atoms with E-state index in [1.807, 2.05) is 0 Å². The number of nitrogens with one attached hydrogen (secondary N) is 1. The van der Waals surface area contributed by atoms with Crippen LogP contribution in [0.25, 0.3) is 0 Å². The Labute approximate surface area is 69.2 Å². The molecule has 0 spiro atoms. The SMILES string of the molecule is BCCNc1ccc(C)cc1. The fourth-order valence-electron chi connectivity index (χ4n) is 0.941. The van der Waals surface area contributed by atoms with E-state index in [0.29, 0.717) is 0 Å². The van der Waals surface area contributed by atoms with Gasteiger partial charge in [-0.25, -0.2) is 0 Å². The third kappa shape index (κ3) is 2.66. The van der Waals surface area contributed by atoms with Crippen LogP contribution < -0.4 is 5.32 Å². The molecule has 0 fully saturated rings. The van der Waals surface area contributed by atoms with Crippen molar-refractivity contribution in [2.24, 2.45) is 0 Å². The van der Waals surface area contributed by atoms with Crippen LogP contribution in [0.1, 0.15) is 5.56 Å². The van der Waals surface area contributed by atoms with E-state index >= 15 is 0 Å². The Hall–Kier alpha value is -0.915. The number of rotatable bonds is 3. The van der Waals surface area contributed by atoms with E-state index in [1.165, 1.54) is 17.6 Å². The Morgan fingerprint density at radius 3 is 2.45 bits per heavy atom. The zero-order chi connectivity index (χ0) is 8.10.